The van der Waals surface area contributed by atoms with E-state index in [0.29, 0.717) is 6.04 Å². The van der Waals surface area contributed by atoms with Crippen molar-refractivity contribution in [2.45, 2.75) is 12.5 Å². The van der Waals surface area contributed by atoms with Crippen LogP contribution in [0.4, 0.5) is 4.39 Å². The van der Waals surface area contributed by atoms with E-state index in [1.807, 2.05) is 13.1 Å². The quantitative estimate of drug-likeness (QED) is 0.740. The van der Waals surface area contributed by atoms with E-state index in [1.165, 1.54) is 11.6 Å². The van der Waals surface area contributed by atoms with Crippen molar-refractivity contribution in [3.8, 4) is 0 Å². The van der Waals surface area contributed by atoms with Crippen molar-refractivity contribution < 1.29 is 4.39 Å². The van der Waals surface area contributed by atoms with Gasteiger partial charge >= 0.3 is 0 Å². The van der Waals surface area contributed by atoms with Crippen molar-refractivity contribution in [2.24, 2.45) is 0 Å². The molecule has 0 saturated heterocycles. The topological polar surface area (TPSA) is 24.1 Å². The summed E-state index contributed by atoms with van der Waals surface area (Å²) >= 11 is 0. The fraction of sp³-hybridized carbons (Fsp3) is 0.455. The largest absolute Gasteiger partial charge is 0.318 e. The lowest BCUT2D eigenvalue weighted by molar-refractivity contribution is 0.482. The molecule has 1 unspecified atom stereocenters. The molecule has 1 heterocycles. The normalized spacial score (nSPS) is 20.6. The zero-order chi connectivity index (χ0) is 9.97. The van der Waals surface area contributed by atoms with Gasteiger partial charge in [-0.25, -0.2) is 4.39 Å². The van der Waals surface area contributed by atoms with E-state index in [2.05, 4.69) is 10.6 Å². The maximum atomic E-state index is 13.0. The van der Waals surface area contributed by atoms with Gasteiger partial charge in [0.05, 0.1) is 0 Å². The number of nitrogens with one attached hydrogen (secondary N) is 2. The van der Waals surface area contributed by atoms with E-state index in [-0.39, 0.29) is 5.82 Å². The molecule has 0 spiro atoms. The van der Waals surface area contributed by atoms with Crippen molar-refractivity contribution in [2.75, 3.05) is 20.1 Å². The van der Waals surface area contributed by atoms with Gasteiger partial charge in [0.15, 0.2) is 0 Å². The number of likely N-dealkylation sites (N-methyl/N-ethyl adjacent to an activating group) is 1. The Morgan fingerprint density at radius 1 is 1.57 bits per heavy atom. The second-order valence-electron chi connectivity index (χ2n) is 3.66. The molecule has 2 N–H and O–H groups in total. The molecule has 1 aromatic rings. The summed E-state index contributed by atoms with van der Waals surface area (Å²) in [4.78, 5) is 0. The Kier molecular flexibility index (Phi) is 2.79. The average Bonchev–Trinajstić information content (AvgIpc) is 2.18. The molecule has 2 rings (SSSR count). The fourth-order valence-electron chi connectivity index (χ4n) is 2.01. The summed E-state index contributed by atoms with van der Waals surface area (Å²) in [5.74, 6) is -0.131. The number of benzene rings is 1. The van der Waals surface area contributed by atoms with Crippen LogP contribution in [0.3, 0.4) is 0 Å². The van der Waals surface area contributed by atoms with Crippen LogP contribution < -0.4 is 10.6 Å². The lowest BCUT2D eigenvalue weighted by atomic mass is 9.94. The van der Waals surface area contributed by atoms with E-state index in [9.17, 15) is 4.39 Å². The van der Waals surface area contributed by atoms with Gasteiger partial charge < -0.3 is 10.6 Å². The first-order valence-electron chi connectivity index (χ1n) is 4.97. The van der Waals surface area contributed by atoms with Gasteiger partial charge in [0.25, 0.3) is 0 Å². The van der Waals surface area contributed by atoms with E-state index < -0.39 is 0 Å². The third-order valence-corrected chi connectivity index (χ3v) is 2.67. The maximum Gasteiger partial charge on any atom is 0.123 e. The minimum absolute atomic E-state index is 0.131. The third-order valence-electron chi connectivity index (χ3n) is 2.67. The van der Waals surface area contributed by atoms with Crippen LogP contribution in [0.15, 0.2) is 18.2 Å². The molecule has 0 bridgehead atoms. The Morgan fingerprint density at radius 3 is 3.21 bits per heavy atom. The van der Waals surface area contributed by atoms with Crippen molar-refractivity contribution >= 4 is 0 Å². The second kappa shape index (κ2) is 4.07. The highest BCUT2D eigenvalue weighted by Crippen LogP contribution is 2.22. The molecule has 0 amide bonds. The maximum absolute atomic E-state index is 13.0. The van der Waals surface area contributed by atoms with Crippen LogP contribution in [0.25, 0.3) is 0 Å². The molecule has 1 aliphatic rings. The highest BCUT2D eigenvalue weighted by Gasteiger charge is 2.18. The number of rotatable bonds is 2. The van der Waals surface area contributed by atoms with Gasteiger partial charge in [-0.3, -0.25) is 0 Å². The van der Waals surface area contributed by atoms with Crippen LogP contribution in [0.5, 0.6) is 0 Å². The predicted molar refractivity (Wildman–Crippen MR) is 54.8 cm³/mol. The number of hydrogen-bond donors (Lipinski definition) is 2. The smallest absolute Gasteiger partial charge is 0.123 e. The van der Waals surface area contributed by atoms with Crippen molar-refractivity contribution in [1.29, 1.82) is 0 Å². The van der Waals surface area contributed by atoms with Gasteiger partial charge in [-0.15, -0.1) is 0 Å². The predicted octanol–water partition coefficient (Wildman–Crippen LogP) is 1.23. The Labute approximate surface area is 83.5 Å². The number of hydrogen-bond acceptors (Lipinski definition) is 2. The van der Waals surface area contributed by atoms with E-state index in [0.717, 1.165) is 25.1 Å². The molecule has 14 heavy (non-hydrogen) atoms. The number of fused-ring (bicyclic) bond motifs is 1. The molecular weight excluding hydrogens is 179 g/mol. The standard InChI is InChI=1S/C11H15FN2/c1-13-7-11-10-3-2-9(12)6-8(10)4-5-14-11/h2-3,6,11,13-14H,4-5,7H2,1H3. The van der Waals surface area contributed by atoms with E-state index in [1.54, 1.807) is 6.07 Å². The molecule has 2 nitrogen and oxygen atoms in total. The molecule has 0 fully saturated rings. The Balaban J connectivity index is 2.30. The Hall–Kier alpha value is -0.930. The van der Waals surface area contributed by atoms with Crippen molar-refractivity contribution in [1.82, 2.24) is 10.6 Å². The third kappa shape index (κ3) is 1.79. The molecule has 1 aromatic carbocycles. The van der Waals surface area contributed by atoms with E-state index >= 15 is 0 Å². The van der Waals surface area contributed by atoms with Gasteiger partial charge in [-0.2, -0.15) is 0 Å². The van der Waals surface area contributed by atoms with Gasteiger partial charge in [-0.1, -0.05) is 6.07 Å². The molecule has 0 aromatic heterocycles. The minimum atomic E-state index is -0.131. The van der Waals surface area contributed by atoms with Gasteiger partial charge in [0.2, 0.25) is 0 Å². The summed E-state index contributed by atoms with van der Waals surface area (Å²) in [5.41, 5.74) is 2.37. The zero-order valence-corrected chi connectivity index (χ0v) is 8.31. The zero-order valence-electron chi connectivity index (χ0n) is 8.31. The summed E-state index contributed by atoms with van der Waals surface area (Å²) in [6.45, 7) is 1.82. The Bertz CT molecular complexity index is 325. The van der Waals surface area contributed by atoms with Gasteiger partial charge in [-0.05, 0) is 43.3 Å². The van der Waals surface area contributed by atoms with Gasteiger partial charge in [0, 0.05) is 12.6 Å². The molecule has 1 aliphatic heterocycles. The summed E-state index contributed by atoms with van der Waals surface area (Å²) in [5, 5.41) is 6.55. The lowest BCUT2D eigenvalue weighted by Crippen LogP contribution is -2.35. The fourth-order valence-corrected chi connectivity index (χ4v) is 2.01. The van der Waals surface area contributed by atoms with Crippen LogP contribution >= 0.6 is 0 Å². The second-order valence-corrected chi connectivity index (χ2v) is 3.66. The average molecular weight is 194 g/mol. The first kappa shape index (κ1) is 9.62. The minimum Gasteiger partial charge on any atom is -0.318 e. The summed E-state index contributed by atoms with van der Waals surface area (Å²) in [6, 6.07) is 5.40. The van der Waals surface area contributed by atoms with E-state index in [4.69, 9.17) is 0 Å². The first-order valence-corrected chi connectivity index (χ1v) is 4.97. The van der Waals surface area contributed by atoms with Crippen LogP contribution in [-0.2, 0) is 6.42 Å². The van der Waals surface area contributed by atoms with Crippen molar-refractivity contribution in [3.63, 3.8) is 0 Å². The van der Waals surface area contributed by atoms with Gasteiger partial charge in [0.1, 0.15) is 5.82 Å². The molecule has 1 atom stereocenters. The van der Waals surface area contributed by atoms with Crippen LogP contribution in [-0.4, -0.2) is 20.1 Å². The SMILES string of the molecule is CNCC1NCCc2cc(F)ccc21. The van der Waals surface area contributed by atoms with Crippen LogP contribution in [0.1, 0.15) is 17.2 Å². The first-order chi connectivity index (χ1) is 6.81. The molecule has 0 aliphatic carbocycles. The monoisotopic (exact) mass is 194 g/mol. The summed E-state index contributed by atoms with van der Waals surface area (Å²) < 4.78 is 13.0. The molecule has 76 valence electrons. The molecule has 0 saturated carbocycles. The summed E-state index contributed by atoms with van der Waals surface area (Å²) in [6.07, 6.45) is 0.924. The highest BCUT2D eigenvalue weighted by atomic mass is 19.1. The molecule has 3 heteroatoms. The Morgan fingerprint density at radius 2 is 2.43 bits per heavy atom. The molecule has 0 radical (unpaired) electrons. The summed E-state index contributed by atoms with van der Waals surface area (Å²) in [7, 11) is 1.93. The van der Waals surface area contributed by atoms with Crippen LogP contribution in [0, 0.1) is 5.82 Å². The lowest BCUT2D eigenvalue weighted by Gasteiger charge is -2.26. The van der Waals surface area contributed by atoms with Crippen molar-refractivity contribution in [3.05, 3.63) is 35.1 Å². The van der Waals surface area contributed by atoms with Crippen LogP contribution in [0.2, 0.25) is 0 Å². The molecular formula is C11H15FN2. The number of halogens is 1. The highest BCUT2D eigenvalue weighted by molar-refractivity contribution is 5.33.